The van der Waals surface area contributed by atoms with Gasteiger partial charge in [-0.3, -0.25) is 4.79 Å². The van der Waals surface area contributed by atoms with Gasteiger partial charge >= 0.3 is 0 Å². The average molecular weight is 248 g/mol. The summed E-state index contributed by atoms with van der Waals surface area (Å²) in [6.07, 6.45) is 0.853. The Kier molecular flexibility index (Phi) is 4.86. The molecule has 0 aliphatic heterocycles. The summed E-state index contributed by atoms with van der Waals surface area (Å²) < 4.78 is 24.6. The van der Waals surface area contributed by atoms with Crippen LogP contribution in [0.15, 0.2) is 0 Å². The molecule has 1 aliphatic rings. The maximum absolute atomic E-state index is 12.3. The minimum atomic E-state index is -2.48. The molecule has 0 unspecified atom stereocenters. The van der Waals surface area contributed by atoms with E-state index in [1.54, 1.807) is 0 Å². The Morgan fingerprint density at radius 3 is 2.41 bits per heavy atom. The Bertz CT molecular complexity index is 263. The molecule has 0 atom stereocenters. The minimum absolute atomic E-state index is 0.216. The highest BCUT2D eigenvalue weighted by molar-refractivity contribution is 5.83. The second-order valence-corrected chi connectivity index (χ2v) is 5.24. The van der Waals surface area contributed by atoms with Crippen LogP contribution in [-0.2, 0) is 4.79 Å². The van der Waals surface area contributed by atoms with E-state index in [0.717, 1.165) is 30.6 Å². The molecule has 0 spiro atoms. The number of amides is 1. The van der Waals surface area contributed by atoms with Crippen LogP contribution in [0.4, 0.5) is 8.78 Å². The molecule has 0 bridgehead atoms. The van der Waals surface area contributed by atoms with Crippen LogP contribution in [0.2, 0.25) is 0 Å². The normalized spacial score (nSPS) is 29.4. The summed E-state index contributed by atoms with van der Waals surface area (Å²) in [5, 5.41) is 0. The average Bonchev–Trinajstić information content (AvgIpc) is 2.29. The van der Waals surface area contributed by atoms with E-state index in [4.69, 9.17) is 5.73 Å². The number of alkyl halides is 2. The molecule has 5 heteroatoms. The topological polar surface area (TPSA) is 46.3 Å². The van der Waals surface area contributed by atoms with Gasteiger partial charge in [0.05, 0.1) is 12.0 Å². The van der Waals surface area contributed by atoms with E-state index in [1.165, 1.54) is 7.05 Å². The van der Waals surface area contributed by atoms with Crippen LogP contribution in [0, 0.1) is 11.3 Å². The van der Waals surface area contributed by atoms with Crippen molar-refractivity contribution in [1.82, 2.24) is 4.90 Å². The van der Waals surface area contributed by atoms with Crippen molar-refractivity contribution in [3.8, 4) is 0 Å². The Morgan fingerprint density at radius 1 is 1.47 bits per heavy atom. The molecule has 0 aromatic heterocycles. The van der Waals surface area contributed by atoms with Crippen molar-refractivity contribution in [2.75, 3.05) is 20.1 Å². The van der Waals surface area contributed by atoms with Crippen LogP contribution in [0.1, 0.15) is 32.6 Å². The van der Waals surface area contributed by atoms with Gasteiger partial charge in [0, 0.05) is 13.6 Å². The number of nitrogens with zero attached hydrogens (tertiary/aromatic N) is 1. The maximum Gasteiger partial charge on any atom is 0.255 e. The first-order chi connectivity index (χ1) is 7.91. The highest BCUT2D eigenvalue weighted by atomic mass is 19.3. The van der Waals surface area contributed by atoms with Crippen molar-refractivity contribution in [3.05, 3.63) is 0 Å². The van der Waals surface area contributed by atoms with Gasteiger partial charge in [-0.1, -0.05) is 6.92 Å². The molecule has 1 amide bonds. The number of hydrogen-bond acceptors (Lipinski definition) is 2. The zero-order valence-electron chi connectivity index (χ0n) is 10.6. The summed E-state index contributed by atoms with van der Waals surface area (Å²) in [6, 6.07) is 0. The van der Waals surface area contributed by atoms with Crippen molar-refractivity contribution >= 4 is 5.91 Å². The third-order valence-corrected chi connectivity index (χ3v) is 3.83. The van der Waals surface area contributed by atoms with E-state index >= 15 is 0 Å². The van der Waals surface area contributed by atoms with E-state index in [9.17, 15) is 13.6 Å². The number of rotatable bonds is 4. The molecular weight excluding hydrogens is 226 g/mol. The lowest BCUT2D eigenvalue weighted by Gasteiger charge is -2.39. The zero-order valence-corrected chi connectivity index (χ0v) is 10.6. The fourth-order valence-corrected chi connectivity index (χ4v) is 2.51. The lowest BCUT2D eigenvalue weighted by atomic mass is 9.70. The van der Waals surface area contributed by atoms with Crippen LogP contribution in [0.5, 0.6) is 0 Å². The van der Waals surface area contributed by atoms with Gasteiger partial charge in [0.2, 0.25) is 5.91 Å². The standard InChI is InChI=1S/C12H22F2N2O/c1-9-3-5-12(8-15,6-4-9)11(17)16(2)7-10(13)14/h9-10H,3-8,15H2,1-2H3. The van der Waals surface area contributed by atoms with Gasteiger partial charge in [0.1, 0.15) is 0 Å². The largest absolute Gasteiger partial charge is 0.340 e. The number of nitrogens with two attached hydrogens (primary N) is 1. The first kappa shape index (κ1) is 14.4. The Morgan fingerprint density at radius 2 is 2.00 bits per heavy atom. The van der Waals surface area contributed by atoms with Crippen molar-refractivity contribution in [2.24, 2.45) is 17.1 Å². The predicted octanol–water partition coefficient (Wildman–Crippen LogP) is 1.87. The quantitative estimate of drug-likeness (QED) is 0.825. The molecule has 100 valence electrons. The van der Waals surface area contributed by atoms with Crippen molar-refractivity contribution in [3.63, 3.8) is 0 Å². The van der Waals surface area contributed by atoms with Gasteiger partial charge in [-0.05, 0) is 31.6 Å². The smallest absolute Gasteiger partial charge is 0.255 e. The van der Waals surface area contributed by atoms with E-state index in [-0.39, 0.29) is 12.5 Å². The first-order valence-electron chi connectivity index (χ1n) is 6.15. The van der Waals surface area contributed by atoms with Crippen LogP contribution in [0.25, 0.3) is 0 Å². The molecule has 1 saturated carbocycles. The van der Waals surface area contributed by atoms with Gasteiger partial charge < -0.3 is 10.6 Å². The second-order valence-electron chi connectivity index (χ2n) is 5.24. The number of carbonyl (C=O) groups is 1. The molecule has 1 fully saturated rings. The molecule has 2 N–H and O–H groups in total. The number of halogens is 2. The fraction of sp³-hybridized carbons (Fsp3) is 0.917. The highest BCUT2D eigenvalue weighted by Gasteiger charge is 2.41. The summed E-state index contributed by atoms with van der Waals surface area (Å²) in [5.41, 5.74) is 5.12. The Labute approximate surface area is 101 Å². The highest BCUT2D eigenvalue weighted by Crippen LogP contribution is 2.39. The fourth-order valence-electron chi connectivity index (χ4n) is 2.51. The first-order valence-corrected chi connectivity index (χ1v) is 6.15. The van der Waals surface area contributed by atoms with Crippen molar-refractivity contribution < 1.29 is 13.6 Å². The van der Waals surface area contributed by atoms with Crippen LogP contribution >= 0.6 is 0 Å². The molecule has 17 heavy (non-hydrogen) atoms. The van der Waals surface area contributed by atoms with Crippen LogP contribution in [-0.4, -0.2) is 37.4 Å². The monoisotopic (exact) mass is 248 g/mol. The zero-order chi connectivity index (χ0) is 13.1. The number of carbonyl (C=O) groups excluding carboxylic acids is 1. The Hall–Kier alpha value is -0.710. The van der Waals surface area contributed by atoms with Gasteiger partial charge in [-0.2, -0.15) is 0 Å². The van der Waals surface area contributed by atoms with E-state index in [2.05, 4.69) is 6.92 Å². The lowest BCUT2D eigenvalue weighted by molar-refractivity contribution is -0.144. The van der Waals surface area contributed by atoms with Gasteiger partial charge in [-0.15, -0.1) is 0 Å². The van der Waals surface area contributed by atoms with Crippen LogP contribution < -0.4 is 5.73 Å². The van der Waals surface area contributed by atoms with Gasteiger partial charge in [-0.25, -0.2) is 8.78 Å². The molecule has 0 aromatic rings. The Balaban J connectivity index is 2.69. The van der Waals surface area contributed by atoms with E-state index < -0.39 is 18.4 Å². The molecular formula is C12H22F2N2O. The molecule has 0 heterocycles. The van der Waals surface area contributed by atoms with Gasteiger partial charge in [0.15, 0.2) is 0 Å². The molecule has 1 rings (SSSR count). The SMILES string of the molecule is CC1CCC(CN)(C(=O)N(C)CC(F)F)CC1. The third kappa shape index (κ3) is 3.37. The maximum atomic E-state index is 12.3. The molecule has 0 saturated heterocycles. The van der Waals surface area contributed by atoms with Gasteiger partial charge in [0.25, 0.3) is 6.43 Å². The molecule has 1 aliphatic carbocycles. The summed E-state index contributed by atoms with van der Waals surface area (Å²) in [4.78, 5) is 13.3. The number of hydrogen-bond donors (Lipinski definition) is 1. The van der Waals surface area contributed by atoms with Crippen molar-refractivity contribution in [1.29, 1.82) is 0 Å². The van der Waals surface area contributed by atoms with Crippen molar-refractivity contribution in [2.45, 2.75) is 39.0 Å². The minimum Gasteiger partial charge on any atom is -0.340 e. The lowest BCUT2D eigenvalue weighted by Crippen LogP contribution is -2.49. The third-order valence-electron chi connectivity index (χ3n) is 3.83. The molecule has 0 aromatic carbocycles. The second kappa shape index (κ2) is 5.76. The summed E-state index contributed by atoms with van der Waals surface area (Å²) in [7, 11) is 1.43. The summed E-state index contributed by atoms with van der Waals surface area (Å²) in [6.45, 7) is 1.90. The van der Waals surface area contributed by atoms with E-state index in [0.29, 0.717) is 5.92 Å². The van der Waals surface area contributed by atoms with E-state index in [1.807, 2.05) is 0 Å². The summed E-state index contributed by atoms with van der Waals surface area (Å²) in [5.74, 6) is 0.384. The predicted molar refractivity (Wildman–Crippen MR) is 62.8 cm³/mol. The molecule has 3 nitrogen and oxygen atoms in total. The molecule has 0 radical (unpaired) electrons. The summed E-state index contributed by atoms with van der Waals surface area (Å²) >= 11 is 0. The van der Waals surface area contributed by atoms with Crippen LogP contribution in [0.3, 0.4) is 0 Å².